The van der Waals surface area contributed by atoms with Crippen molar-refractivity contribution in [3.05, 3.63) is 29.3 Å². The van der Waals surface area contributed by atoms with Crippen LogP contribution in [0.3, 0.4) is 0 Å². The molecule has 0 saturated carbocycles. The Kier molecular flexibility index (Phi) is 6.85. The summed E-state index contributed by atoms with van der Waals surface area (Å²) in [6.07, 6.45) is 6.60. The lowest BCUT2D eigenvalue weighted by Crippen LogP contribution is -2.23. The Bertz CT molecular complexity index is 339. The number of unbranched alkanes of at least 4 members (excludes halogenated alkanes) is 3. The molecule has 0 atom stereocenters. The molecule has 0 amide bonds. The number of hydrogen-bond acceptors (Lipinski definition) is 1. The number of nitrogens with zero attached hydrogens (tertiary/aromatic N) is 1. The lowest BCUT2D eigenvalue weighted by atomic mass is 10.0. The van der Waals surface area contributed by atoms with Crippen LogP contribution in [0, 0.1) is 6.92 Å². The molecule has 1 aromatic rings. The Morgan fingerprint density at radius 1 is 0.944 bits per heavy atom. The second-order valence-corrected chi connectivity index (χ2v) is 5.12. The van der Waals surface area contributed by atoms with Crippen LogP contribution in [-0.4, -0.2) is 13.1 Å². The first-order chi connectivity index (χ1) is 8.72. The molecule has 0 aliphatic heterocycles. The molecule has 0 bridgehead atoms. The summed E-state index contributed by atoms with van der Waals surface area (Å²) in [7, 11) is 0. The molecule has 0 saturated heterocycles. The monoisotopic (exact) mass is 247 g/mol. The average molecular weight is 247 g/mol. The predicted octanol–water partition coefficient (Wildman–Crippen LogP) is 4.96. The minimum atomic E-state index is 1.10. The lowest BCUT2D eigenvalue weighted by molar-refractivity contribution is 0.665. The SMILES string of the molecule is CCCCCCc1cc(C)ccc1N(CC)CC. The van der Waals surface area contributed by atoms with E-state index in [9.17, 15) is 0 Å². The Balaban J connectivity index is 2.76. The van der Waals surface area contributed by atoms with Gasteiger partial charge in [-0.3, -0.25) is 0 Å². The lowest BCUT2D eigenvalue weighted by Gasteiger charge is -2.24. The molecule has 0 radical (unpaired) electrons. The summed E-state index contributed by atoms with van der Waals surface area (Å²) in [5, 5.41) is 0. The molecule has 0 spiro atoms. The van der Waals surface area contributed by atoms with Gasteiger partial charge < -0.3 is 4.90 Å². The minimum Gasteiger partial charge on any atom is -0.372 e. The van der Waals surface area contributed by atoms with Gasteiger partial charge >= 0.3 is 0 Å². The third-order valence-electron chi connectivity index (χ3n) is 3.64. The third kappa shape index (κ3) is 4.36. The quantitative estimate of drug-likeness (QED) is 0.587. The molecule has 1 rings (SSSR count). The first-order valence-corrected chi connectivity index (χ1v) is 7.57. The van der Waals surface area contributed by atoms with Crippen LogP contribution in [0.25, 0.3) is 0 Å². The van der Waals surface area contributed by atoms with Crippen LogP contribution in [0.5, 0.6) is 0 Å². The molecule has 102 valence electrons. The Morgan fingerprint density at radius 2 is 1.67 bits per heavy atom. The van der Waals surface area contributed by atoms with Crippen molar-refractivity contribution in [3.8, 4) is 0 Å². The normalized spacial score (nSPS) is 10.7. The minimum absolute atomic E-state index is 1.10. The average Bonchev–Trinajstić information content (AvgIpc) is 2.38. The summed E-state index contributed by atoms with van der Waals surface area (Å²) in [5.41, 5.74) is 4.37. The molecular weight excluding hydrogens is 218 g/mol. The number of anilines is 1. The van der Waals surface area contributed by atoms with Crippen LogP contribution in [0.4, 0.5) is 5.69 Å². The van der Waals surface area contributed by atoms with Crippen molar-refractivity contribution in [1.29, 1.82) is 0 Å². The zero-order chi connectivity index (χ0) is 13.4. The van der Waals surface area contributed by atoms with Gasteiger partial charge in [-0.15, -0.1) is 0 Å². The fraction of sp³-hybridized carbons (Fsp3) is 0.647. The van der Waals surface area contributed by atoms with E-state index in [1.165, 1.54) is 48.9 Å². The van der Waals surface area contributed by atoms with E-state index in [0.29, 0.717) is 0 Å². The molecule has 0 heterocycles. The first kappa shape index (κ1) is 15.1. The number of hydrogen-bond donors (Lipinski definition) is 0. The van der Waals surface area contributed by atoms with E-state index in [4.69, 9.17) is 0 Å². The maximum Gasteiger partial charge on any atom is 0.0398 e. The molecule has 1 nitrogen and oxygen atoms in total. The number of rotatable bonds is 8. The van der Waals surface area contributed by atoms with E-state index in [0.717, 1.165) is 13.1 Å². The van der Waals surface area contributed by atoms with Crippen molar-refractivity contribution in [1.82, 2.24) is 0 Å². The van der Waals surface area contributed by atoms with Gasteiger partial charge in [0.2, 0.25) is 0 Å². The number of aryl methyl sites for hydroxylation is 2. The fourth-order valence-electron chi connectivity index (χ4n) is 2.53. The summed E-state index contributed by atoms with van der Waals surface area (Å²) >= 11 is 0. The maximum atomic E-state index is 2.47. The van der Waals surface area contributed by atoms with Crippen LogP contribution in [0.15, 0.2) is 18.2 Å². The van der Waals surface area contributed by atoms with Crippen LogP contribution in [0.1, 0.15) is 57.6 Å². The molecule has 1 heteroatoms. The molecule has 0 aliphatic rings. The van der Waals surface area contributed by atoms with Gasteiger partial charge in [0.1, 0.15) is 0 Å². The zero-order valence-corrected chi connectivity index (χ0v) is 12.6. The molecule has 0 fully saturated rings. The second-order valence-electron chi connectivity index (χ2n) is 5.12. The largest absolute Gasteiger partial charge is 0.372 e. The molecule has 18 heavy (non-hydrogen) atoms. The van der Waals surface area contributed by atoms with Crippen molar-refractivity contribution in [2.45, 2.75) is 59.8 Å². The van der Waals surface area contributed by atoms with E-state index in [-0.39, 0.29) is 0 Å². The standard InChI is InChI=1S/C17H29N/c1-5-8-9-10-11-16-14-15(4)12-13-17(16)18(6-2)7-3/h12-14H,5-11H2,1-4H3. The predicted molar refractivity (Wildman–Crippen MR) is 82.6 cm³/mol. The van der Waals surface area contributed by atoms with Crippen molar-refractivity contribution < 1.29 is 0 Å². The maximum absolute atomic E-state index is 2.47. The van der Waals surface area contributed by atoms with Crippen LogP contribution in [-0.2, 0) is 6.42 Å². The highest BCUT2D eigenvalue weighted by Gasteiger charge is 2.08. The molecular formula is C17H29N. The highest BCUT2D eigenvalue weighted by Crippen LogP contribution is 2.24. The van der Waals surface area contributed by atoms with Gasteiger partial charge in [0, 0.05) is 18.8 Å². The van der Waals surface area contributed by atoms with Crippen LogP contribution >= 0.6 is 0 Å². The van der Waals surface area contributed by atoms with Gasteiger partial charge in [-0.05, 0) is 45.2 Å². The summed E-state index contributed by atoms with van der Waals surface area (Å²) < 4.78 is 0. The summed E-state index contributed by atoms with van der Waals surface area (Å²) in [6, 6.07) is 6.92. The van der Waals surface area contributed by atoms with Gasteiger partial charge in [-0.2, -0.15) is 0 Å². The highest BCUT2D eigenvalue weighted by atomic mass is 15.1. The van der Waals surface area contributed by atoms with E-state index in [2.05, 4.69) is 50.8 Å². The van der Waals surface area contributed by atoms with Crippen LogP contribution < -0.4 is 4.90 Å². The summed E-state index contributed by atoms with van der Waals surface area (Å²) in [6.45, 7) is 11.1. The summed E-state index contributed by atoms with van der Waals surface area (Å²) in [5.74, 6) is 0. The van der Waals surface area contributed by atoms with Crippen molar-refractivity contribution in [3.63, 3.8) is 0 Å². The van der Waals surface area contributed by atoms with Gasteiger partial charge in [-0.25, -0.2) is 0 Å². The molecule has 0 unspecified atom stereocenters. The molecule has 0 N–H and O–H groups in total. The van der Waals surface area contributed by atoms with E-state index < -0.39 is 0 Å². The third-order valence-corrected chi connectivity index (χ3v) is 3.64. The zero-order valence-electron chi connectivity index (χ0n) is 12.6. The fourth-order valence-corrected chi connectivity index (χ4v) is 2.53. The van der Waals surface area contributed by atoms with E-state index in [1.54, 1.807) is 0 Å². The van der Waals surface area contributed by atoms with E-state index >= 15 is 0 Å². The van der Waals surface area contributed by atoms with Crippen molar-refractivity contribution in [2.24, 2.45) is 0 Å². The Morgan fingerprint density at radius 3 is 2.28 bits per heavy atom. The number of benzene rings is 1. The Hall–Kier alpha value is -0.980. The summed E-state index contributed by atoms with van der Waals surface area (Å²) in [4.78, 5) is 2.47. The second kappa shape index (κ2) is 8.18. The van der Waals surface area contributed by atoms with E-state index in [1.807, 2.05) is 0 Å². The van der Waals surface area contributed by atoms with Gasteiger partial charge in [-0.1, -0.05) is 43.9 Å². The smallest absolute Gasteiger partial charge is 0.0398 e. The first-order valence-electron chi connectivity index (χ1n) is 7.57. The van der Waals surface area contributed by atoms with Gasteiger partial charge in [0.05, 0.1) is 0 Å². The molecule has 0 aliphatic carbocycles. The molecule has 0 aromatic heterocycles. The topological polar surface area (TPSA) is 3.24 Å². The highest BCUT2D eigenvalue weighted by molar-refractivity contribution is 5.55. The van der Waals surface area contributed by atoms with Gasteiger partial charge in [0.15, 0.2) is 0 Å². The van der Waals surface area contributed by atoms with Crippen LogP contribution in [0.2, 0.25) is 0 Å². The van der Waals surface area contributed by atoms with Gasteiger partial charge in [0.25, 0.3) is 0 Å². The van der Waals surface area contributed by atoms with Crippen molar-refractivity contribution >= 4 is 5.69 Å². The Labute approximate surface area is 113 Å². The van der Waals surface area contributed by atoms with Crippen molar-refractivity contribution in [2.75, 3.05) is 18.0 Å². The molecule has 1 aromatic carbocycles.